The van der Waals surface area contributed by atoms with Crippen molar-refractivity contribution in [2.75, 3.05) is 26.7 Å². The molecule has 0 aromatic rings. The van der Waals surface area contributed by atoms with E-state index in [9.17, 15) is 14.4 Å². The Kier molecular flexibility index (Phi) is 6.77. The van der Waals surface area contributed by atoms with Gasteiger partial charge in [0.05, 0.1) is 0 Å². The van der Waals surface area contributed by atoms with E-state index in [2.05, 4.69) is 5.32 Å². The zero-order chi connectivity index (χ0) is 14.3. The minimum absolute atomic E-state index is 0.183. The van der Waals surface area contributed by atoms with Crippen LogP contribution in [0.4, 0.5) is 4.79 Å². The van der Waals surface area contributed by atoms with E-state index in [1.807, 2.05) is 13.8 Å². The van der Waals surface area contributed by atoms with Crippen LogP contribution in [-0.2, 0) is 9.59 Å². The van der Waals surface area contributed by atoms with Crippen molar-refractivity contribution in [1.82, 2.24) is 15.1 Å². The van der Waals surface area contributed by atoms with E-state index < -0.39 is 24.6 Å². The van der Waals surface area contributed by atoms with Crippen LogP contribution >= 0.6 is 0 Å². The van der Waals surface area contributed by atoms with Gasteiger partial charge in [-0.05, 0) is 20.8 Å². The summed E-state index contributed by atoms with van der Waals surface area (Å²) < 4.78 is 0. The fourth-order valence-electron chi connectivity index (χ4n) is 1.44. The molecule has 104 valence electrons. The van der Waals surface area contributed by atoms with E-state index in [0.29, 0.717) is 13.1 Å². The summed E-state index contributed by atoms with van der Waals surface area (Å²) in [6, 6.07) is -1.25. The molecule has 0 radical (unpaired) electrons. The second kappa shape index (κ2) is 7.52. The molecule has 0 aromatic carbocycles. The third-order valence-electron chi connectivity index (χ3n) is 2.50. The topological polar surface area (TPSA) is 90.0 Å². The maximum Gasteiger partial charge on any atom is 0.323 e. The number of carbonyl (C=O) groups is 3. The minimum Gasteiger partial charge on any atom is -0.480 e. The Balaban J connectivity index is 4.38. The van der Waals surface area contributed by atoms with Crippen molar-refractivity contribution in [2.24, 2.45) is 0 Å². The van der Waals surface area contributed by atoms with E-state index in [0.717, 1.165) is 4.90 Å². The number of urea groups is 1. The average molecular weight is 259 g/mol. The highest BCUT2D eigenvalue weighted by Crippen LogP contribution is 1.96. The van der Waals surface area contributed by atoms with Gasteiger partial charge in [0.15, 0.2) is 0 Å². The second-order valence-corrected chi connectivity index (χ2v) is 3.93. The van der Waals surface area contributed by atoms with Crippen LogP contribution in [0.5, 0.6) is 0 Å². The summed E-state index contributed by atoms with van der Waals surface area (Å²) in [5.74, 6) is -1.28. The summed E-state index contributed by atoms with van der Waals surface area (Å²) in [5, 5.41) is 11.0. The summed E-state index contributed by atoms with van der Waals surface area (Å²) in [4.78, 5) is 36.5. The summed E-state index contributed by atoms with van der Waals surface area (Å²) in [5.41, 5.74) is 0. The quantitative estimate of drug-likeness (QED) is 0.701. The standard InChI is InChI=1S/C11H21N3O4/c1-5-14(6-2)10(17)8(3)12-11(18)13(4)7-9(15)16/h8H,5-7H2,1-4H3,(H,12,18)(H,15,16). The molecule has 7 nitrogen and oxygen atoms in total. The minimum atomic E-state index is -1.10. The van der Waals surface area contributed by atoms with Crippen molar-refractivity contribution >= 4 is 17.9 Å². The van der Waals surface area contributed by atoms with Gasteiger partial charge in [-0.1, -0.05) is 0 Å². The predicted molar refractivity (Wildman–Crippen MR) is 66.2 cm³/mol. The third-order valence-corrected chi connectivity index (χ3v) is 2.50. The Labute approximate surface area is 107 Å². The number of carboxylic acid groups (broad SMARTS) is 1. The number of hydrogen-bond acceptors (Lipinski definition) is 3. The Morgan fingerprint density at radius 2 is 1.72 bits per heavy atom. The fourth-order valence-corrected chi connectivity index (χ4v) is 1.44. The summed E-state index contributed by atoms with van der Waals surface area (Å²) in [6.45, 7) is 6.02. The normalized spacial score (nSPS) is 11.6. The number of carbonyl (C=O) groups excluding carboxylic acids is 2. The van der Waals surface area contributed by atoms with E-state index in [1.54, 1.807) is 11.8 Å². The molecule has 1 atom stereocenters. The predicted octanol–water partition coefficient (Wildman–Crippen LogP) is -0.0307. The lowest BCUT2D eigenvalue weighted by atomic mass is 10.3. The van der Waals surface area contributed by atoms with Crippen LogP contribution in [0.2, 0.25) is 0 Å². The zero-order valence-electron chi connectivity index (χ0n) is 11.3. The van der Waals surface area contributed by atoms with Crippen molar-refractivity contribution in [3.8, 4) is 0 Å². The van der Waals surface area contributed by atoms with Crippen molar-refractivity contribution in [1.29, 1.82) is 0 Å². The number of aliphatic carboxylic acids is 1. The Morgan fingerprint density at radius 1 is 1.22 bits per heavy atom. The van der Waals surface area contributed by atoms with Gasteiger partial charge in [0, 0.05) is 20.1 Å². The summed E-state index contributed by atoms with van der Waals surface area (Å²) in [6.07, 6.45) is 0. The molecule has 0 saturated carbocycles. The number of likely N-dealkylation sites (N-methyl/N-ethyl adjacent to an activating group) is 2. The van der Waals surface area contributed by atoms with Crippen molar-refractivity contribution in [2.45, 2.75) is 26.8 Å². The third kappa shape index (κ3) is 5.03. The van der Waals surface area contributed by atoms with E-state index in [1.165, 1.54) is 7.05 Å². The monoisotopic (exact) mass is 259 g/mol. The Bertz CT molecular complexity index is 315. The van der Waals surface area contributed by atoms with E-state index in [-0.39, 0.29) is 5.91 Å². The molecule has 7 heteroatoms. The maximum absolute atomic E-state index is 11.9. The van der Waals surface area contributed by atoms with Gasteiger partial charge in [-0.25, -0.2) is 4.79 Å². The first-order valence-corrected chi connectivity index (χ1v) is 5.85. The molecule has 0 fully saturated rings. The van der Waals surface area contributed by atoms with Gasteiger partial charge in [-0.15, -0.1) is 0 Å². The van der Waals surface area contributed by atoms with Crippen LogP contribution in [0, 0.1) is 0 Å². The lowest BCUT2D eigenvalue weighted by Crippen LogP contribution is -2.50. The molecular weight excluding hydrogens is 238 g/mol. The highest BCUT2D eigenvalue weighted by Gasteiger charge is 2.21. The largest absolute Gasteiger partial charge is 0.480 e. The Morgan fingerprint density at radius 3 is 2.11 bits per heavy atom. The van der Waals surface area contributed by atoms with Crippen molar-refractivity contribution < 1.29 is 19.5 Å². The molecule has 3 amide bonds. The molecule has 18 heavy (non-hydrogen) atoms. The molecule has 0 aliphatic heterocycles. The molecular formula is C11H21N3O4. The first kappa shape index (κ1) is 16.2. The smallest absolute Gasteiger partial charge is 0.323 e. The van der Waals surface area contributed by atoms with Gasteiger partial charge in [-0.2, -0.15) is 0 Å². The lowest BCUT2D eigenvalue weighted by molar-refractivity contribution is -0.137. The molecule has 0 rings (SSSR count). The first-order valence-electron chi connectivity index (χ1n) is 5.85. The molecule has 0 aliphatic carbocycles. The number of rotatable bonds is 6. The average Bonchev–Trinajstić information content (AvgIpc) is 2.29. The van der Waals surface area contributed by atoms with Gasteiger partial charge >= 0.3 is 12.0 Å². The number of carboxylic acids is 1. The second-order valence-electron chi connectivity index (χ2n) is 3.93. The number of nitrogens with zero attached hydrogens (tertiary/aromatic N) is 2. The van der Waals surface area contributed by atoms with Crippen LogP contribution in [0.25, 0.3) is 0 Å². The molecule has 0 bridgehead atoms. The molecule has 0 spiro atoms. The molecule has 1 unspecified atom stereocenters. The molecule has 0 aromatic heterocycles. The molecule has 0 aliphatic rings. The highest BCUT2D eigenvalue weighted by molar-refractivity contribution is 5.87. The first-order chi connectivity index (χ1) is 8.33. The molecule has 0 heterocycles. The van der Waals surface area contributed by atoms with Crippen molar-refractivity contribution in [3.05, 3.63) is 0 Å². The molecule has 2 N–H and O–H groups in total. The van der Waals surface area contributed by atoms with Gasteiger partial charge in [0.25, 0.3) is 0 Å². The SMILES string of the molecule is CCN(CC)C(=O)C(C)NC(=O)N(C)CC(=O)O. The lowest BCUT2D eigenvalue weighted by Gasteiger charge is -2.25. The van der Waals surface area contributed by atoms with Gasteiger partial charge in [-0.3, -0.25) is 9.59 Å². The molecule has 0 saturated heterocycles. The highest BCUT2D eigenvalue weighted by atomic mass is 16.4. The van der Waals surface area contributed by atoms with Crippen LogP contribution in [-0.4, -0.2) is 65.5 Å². The Hall–Kier alpha value is -1.79. The van der Waals surface area contributed by atoms with Crippen LogP contribution < -0.4 is 5.32 Å². The van der Waals surface area contributed by atoms with Crippen LogP contribution in [0.15, 0.2) is 0 Å². The van der Waals surface area contributed by atoms with Crippen LogP contribution in [0.1, 0.15) is 20.8 Å². The van der Waals surface area contributed by atoms with Gasteiger partial charge in [0.1, 0.15) is 12.6 Å². The zero-order valence-corrected chi connectivity index (χ0v) is 11.3. The fraction of sp³-hybridized carbons (Fsp3) is 0.727. The van der Waals surface area contributed by atoms with E-state index in [4.69, 9.17) is 5.11 Å². The van der Waals surface area contributed by atoms with Crippen molar-refractivity contribution in [3.63, 3.8) is 0 Å². The number of nitrogens with one attached hydrogen (secondary N) is 1. The number of hydrogen-bond donors (Lipinski definition) is 2. The summed E-state index contributed by atoms with van der Waals surface area (Å²) >= 11 is 0. The maximum atomic E-state index is 11.9. The van der Waals surface area contributed by atoms with Gasteiger partial charge < -0.3 is 20.2 Å². The van der Waals surface area contributed by atoms with Crippen LogP contribution in [0.3, 0.4) is 0 Å². The summed E-state index contributed by atoms with van der Waals surface area (Å²) in [7, 11) is 1.36. The van der Waals surface area contributed by atoms with Gasteiger partial charge in [0.2, 0.25) is 5.91 Å². The van der Waals surface area contributed by atoms with E-state index >= 15 is 0 Å². The number of amides is 3.